The molecule has 0 aliphatic carbocycles. The Morgan fingerprint density at radius 2 is 1.85 bits per heavy atom. The number of carbonyl (C=O) groups excluding carboxylic acids is 1. The van der Waals surface area contributed by atoms with Gasteiger partial charge in [-0.05, 0) is 58.7 Å². The van der Waals surface area contributed by atoms with Crippen molar-refractivity contribution in [1.29, 1.82) is 0 Å². The number of nitrogens with zero attached hydrogens (tertiary/aromatic N) is 1. The Labute approximate surface area is 158 Å². The number of rotatable bonds is 4. The van der Waals surface area contributed by atoms with Crippen LogP contribution in [-0.2, 0) is 20.6 Å². The fraction of sp³-hybridized carbons (Fsp3) is 0.650. The van der Waals surface area contributed by atoms with Crippen LogP contribution in [0.2, 0.25) is 0 Å². The quantitative estimate of drug-likeness (QED) is 0.737. The van der Waals surface area contributed by atoms with E-state index >= 15 is 0 Å². The Morgan fingerprint density at radius 3 is 2.37 bits per heavy atom. The van der Waals surface area contributed by atoms with Gasteiger partial charge in [0.15, 0.2) is 0 Å². The average Bonchev–Trinajstić information content (AvgIpc) is 3.21. The molecule has 0 saturated carbocycles. The van der Waals surface area contributed by atoms with E-state index in [0.717, 1.165) is 6.07 Å². The molecule has 0 radical (unpaired) electrons. The molecule has 0 aromatic heterocycles. The SMILES string of the molecule is CC(C)(C)OC(=O)N1[C@@H](Cc2cc(F)cc(F)c2)[C@@H](CC2CO2)OC1(C)C. The van der Waals surface area contributed by atoms with Crippen molar-refractivity contribution < 1.29 is 27.8 Å². The van der Waals surface area contributed by atoms with Gasteiger partial charge in [-0.2, -0.15) is 0 Å². The number of hydrogen-bond donors (Lipinski definition) is 0. The molecule has 2 saturated heterocycles. The van der Waals surface area contributed by atoms with E-state index in [2.05, 4.69) is 0 Å². The van der Waals surface area contributed by atoms with Gasteiger partial charge in [0.1, 0.15) is 23.0 Å². The summed E-state index contributed by atoms with van der Waals surface area (Å²) in [5.41, 5.74) is -1.10. The molecule has 1 aromatic carbocycles. The molecule has 0 N–H and O–H groups in total. The highest BCUT2D eigenvalue weighted by molar-refractivity contribution is 5.70. The summed E-state index contributed by atoms with van der Waals surface area (Å²) < 4.78 is 44.3. The topological polar surface area (TPSA) is 51.3 Å². The van der Waals surface area contributed by atoms with Gasteiger partial charge in [0, 0.05) is 12.5 Å². The Balaban J connectivity index is 1.89. The Hall–Kier alpha value is -1.73. The fourth-order valence-electron chi connectivity index (χ4n) is 3.60. The van der Waals surface area contributed by atoms with E-state index in [1.54, 1.807) is 39.5 Å². The number of ether oxygens (including phenoxy) is 3. The van der Waals surface area contributed by atoms with Crippen LogP contribution >= 0.6 is 0 Å². The second-order valence-electron chi connectivity index (χ2n) is 8.69. The normalized spacial score (nSPS) is 26.9. The van der Waals surface area contributed by atoms with Crippen molar-refractivity contribution in [2.24, 2.45) is 0 Å². The highest BCUT2D eigenvalue weighted by Gasteiger charge is 2.52. The molecule has 5 nitrogen and oxygen atoms in total. The first-order valence-corrected chi connectivity index (χ1v) is 9.21. The maximum absolute atomic E-state index is 13.7. The monoisotopic (exact) mass is 383 g/mol. The zero-order chi connectivity index (χ0) is 20.0. The van der Waals surface area contributed by atoms with Gasteiger partial charge in [0.2, 0.25) is 0 Å². The second kappa shape index (κ2) is 7.02. The molecule has 150 valence electrons. The number of benzene rings is 1. The third-order valence-electron chi connectivity index (χ3n) is 4.64. The maximum Gasteiger partial charge on any atom is 0.412 e. The van der Waals surface area contributed by atoms with Crippen molar-refractivity contribution in [3.63, 3.8) is 0 Å². The Kier molecular flexibility index (Phi) is 5.20. The molecule has 0 bridgehead atoms. The molecule has 7 heteroatoms. The molecule has 1 amide bonds. The molecule has 27 heavy (non-hydrogen) atoms. The van der Waals surface area contributed by atoms with Crippen LogP contribution < -0.4 is 0 Å². The summed E-state index contributed by atoms with van der Waals surface area (Å²) in [6.45, 7) is 9.63. The molecule has 2 fully saturated rings. The van der Waals surface area contributed by atoms with Crippen LogP contribution in [0.15, 0.2) is 18.2 Å². The smallest absolute Gasteiger partial charge is 0.412 e. The van der Waals surface area contributed by atoms with Crippen molar-refractivity contribution in [2.45, 2.75) is 77.0 Å². The van der Waals surface area contributed by atoms with E-state index in [0.29, 0.717) is 18.6 Å². The van der Waals surface area contributed by atoms with Crippen molar-refractivity contribution in [2.75, 3.05) is 6.61 Å². The van der Waals surface area contributed by atoms with Crippen LogP contribution in [-0.4, -0.2) is 47.2 Å². The number of halogens is 2. The largest absolute Gasteiger partial charge is 0.444 e. The summed E-state index contributed by atoms with van der Waals surface area (Å²) in [7, 11) is 0. The van der Waals surface area contributed by atoms with Crippen LogP contribution in [0, 0.1) is 11.6 Å². The van der Waals surface area contributed by atoms with Crippen LogP contribution in [0.4, 0.5) is 13.6 Å². The lowest BCUT2D eigenvalue weighted by Crippen LogP contribution is -2.51. The minimum atomic E-state index is -0.904. The van der Waals surface area contributed by atoms with Gasteiger partial charge < -0.3 is 14.2 Å². The molecule has 2 aliphatic heterocycles. The van der Waals surface area contributed by atoms with Crippen LogP contribution in [0.25, 0.3) is 0 Å². The second-order valence-corrected chi connectivity index (χ2v) is 8.69. The summed E-state index contributed by atoms with van der Waals surface area (Å²) in [6.07, 6.45) is 0.149. The molecule has 1 unspecified atom stereocenters. The molecule has 3 rings (SSSR count). The number of epoxide rings is 1. The van der Waals surface area contributed by atoms with Gasteiger partial charge >= 0.3 is 6.09 Å². The fourth-order valence-corrected chi connectivity index (χ4v) is 3.60. The van der Waals surface area contributed by atoms with E-state index in [1.165, 1.54) is 12.1 Å². The third-order valence-corrected chi connectivity index (χ3v) is 4.64. The summed E-state index contributed by atoms with van der Waals surface area (Å²) >= 11 is 0. The van der Waals surface area contributed by atoms with E-state index in [1.807, 2.05) is 0 Å². The molecule has 3 atom stereocenters. The van der Waals surface area contributed by atoms with Crippen molar-refractivity contribution in [3.8, 4) is 0 Å². The lowest BCUT2D eigenvalue weighted by Gasteiger charge is -2.35. The van der Waals surface area contributed by atoms with Gasteiger partial charge in [-0.3, -0.25) is 4.90 Å². The molecular weight excluding hydrogens is 356 g/mol. The number of hydrogen-bond acceptors (Lipinski definition) is 4. The maximum atomic E-state index is 13.7. The predicted octanol–water partition coefficient (Wildman–Crippen LogP) is 4.04. The molecule has 0 spiro atoms. The lowest BCUT2D eigenvalue weighted by molar-refractivity contribution is -0.0805. The van der Waals surface area contributed by atoms with E-state index in [9.17, 15) is 13.6 Å². The van der Waals surface area contributed by atoms with E-state index in [4.69, 9.17) is 14.2 Å². The minimum absolute atomic E-state index is 0.0936. The molecule has 2 heterocycles. The Morgan fingerprint density at radius 1 is 1.26 bits per heavy atom. The first-order valence-electron chi connectivity index (χ1n) is 9.21. The van der Waals surface area contributed by atoms with Gasteiger partial charge in [-0.25, -0.2) is 13.6 Å². The lowest BCUT2D eigenvalue weighted by atomic mass is 9.97. The van der Waals surface area contributed by atoms with Crippen LogP contribution in [0.1, 0.15) is 46.6 Å². The van der Waals surface area contributed by atoms with Gasteiger partial charge in [-0.15, -0.1) is 0 Å². The van der Waals surface area contributed by atoms with Crippen molar-refractivity contribution >= 4 is 6.09 Å². The first-order chi connectivity index (χ1) is 12.4. The summed E-state index contributed by atoms with van der Waals surface area (Å²) in [4.78, 5) is 14.5. The summed E-state index contributed by atoms with van der Waals surface area (Å²) in [6, 6.07) is 2.98. The standard InChI is InChI=1S/C20H27F2NO4/c1-19(2,3)27-18(24)23-16(8-12-6-13(21)9-14(22)7-12)17(10-15-11-25-15)26-20(23,4)5/h6-7,9,15-17H,8,10-11H2,1-5H3/t15?,16-,17+/m0/s1. The van der Waals surface area contributed by atoms with E-state index < -0.39 is 35.1 Å². The number of amides is 1. The molecular formula is C20H27F2NO4. The molecule has 2 aliphatic rings. The van der Waals surface area contributed by atoms with Crippen molar-refractivity contribution in [3.05, 3.63) is 35.4 Å². The molecule has 1 aromatic rings. The van der Waals surface area contributed by atoms with Gasteiger partial charge in [0.25, 0.3) is 0 Å². The summed E-state index contributed by atoms with van der Waals surface area (Å²) in [5.74, 6) is -1.29. The van der Waals surface area contributed by atoms with E-state index in [-0.39, 0.29) is 18.6 Å². The van der Waals surface area contributed by atoms with Crippen molar-refractivity contribution in [1.82, 2.24) is 4.90 Å². The van der Waals surface area contributed by atoms with Crippen LogP contribution in [0.5, 0.6) is 0 Å². The number of carbonyl (C=O) groups is 1. The third kappa shape index (κ3) is 4.96. The van der Waals surface area contributed by atoms with Crippen LogP contribution in [0.3, 0.4) is 0 Å². The minimum Gasteiger partial charge on any atom is -0.444 e. The Bertz CT molecular complexity index is 692. The predicted molar refractivity (Wildman–Crippen MR) is 95.2 cm³/mol. The first kappa shape index (κ1) is 20.0. The average molecular weight is 383 g/mol. The zero-order valence-corrected chi connectivity index (χ0v) is 16.4. The summed E-state index contributed by atoms with van der Waals surface area (Å²) in [5, 5.41) is 0. The highest BCUT2D eigenvalue weighted by atomic mass is 19.1. The van der Waals surface area contributed by atoms with Gasteiger partial charge in [0.05, 0.1) is 24.9 Å². The zero-order valence-electron chi connectivity index (χ0n) is 16.4. The highest BCUT2D eigenvalue weighted by Crippen LogP contribution is 2.38. The van der Waals surface area contributed by atoms with Gasteiger partial charge in [-0.1, -0.05) is 0 Å².